The van der Waals surface area contributed by atoms with Crippen LogP contribution in [0.3, 0.4) is 0 Å². The quantitative estimate of drug-likeness (QED) is 0.343. The highest BCUT2D eigenvalue weighted by atomic mass is 32.1. The van der Waals surface area contributed by atoms with Gasteiger partial charge in [-0.3, -0.25) is 28.4 Å². The molecule has 0 N–H and O–H groups in total. The summed E-state index contributed by atoms with van der Waals surface area (Å²) >= 11 is 1.29. The first-order valence-corrected chi connectivity index (χ1v) is 11.7. The summed E-state index contributed by atoms with van der Waals surface area (Å²) in [4.78, 5) is 59.0. The van der Waals surface area contributed by atoms with Gasteiger partial charge in [0.2, 0.25) is 5.91 Å². The van der Waals surface area contributed by atoms with E-state index in [0.717, 1.165) is 4.57 Å². The van der Waals surface area contributed by atoms with Gasteiger partial charge in [0.25, 0.3) is 5.56 Å². The number of benzene rings is 1. The molecule has 11 nitrogen and oxygen atoms in total. The van der Waals surface area contributed by atoms with Gasteiger partial charge in [0.1, 0.15) is 6.61 Å². The Bertz CT molecular complexity index is 1500. The van der Waals surface area contributed by atoms with Gasteiger partial charge in [-0.2, -0.15) is 0 Å². The van der Waals surface area contributed by atoms with E-state index in [2.05, 4.69) is 9.97 Å². The van der Waals surface area contributed by atoms with Crippen molar-refractivity contribution >= 4 is 45.2 Å². The number of carbonyl (C=O) groups is 2. The third kappa shape index (κ3) is 4.92. The summed E-state index contributed by atoms with van der Waals surface area (Å²) in [5.41, 5.74) is 0.987. The van der Waals surface area contributed by atoms with Crippen molar-refractivity contribution in [1.82, 2.24) is 23.7 Å². The van der Waals surface area contributed by atoms with Crippen LogP contribution in [0.1, 0.15) is 25.5 Å². The first kappa shape index (κ1) is 24.1. The van der Waals surface area contributed by atoms with Gasteiger partial charge in [-0.05, 0) is 18.6 Å². The first-order valence-electron chi connectivity index (χ1n) is 10.8. The second-order valence-corrected chi connectivity index (χ2v) is 8.73. The number of anilines is 2. The normalized spacial score (nSPS) is 11.1. The molecular weight excluding hydrogens is 472 g/mol. The molecule has 0 spiro atoms. The van der Waals surface area contributed by atoms with Crippen molar-refractivity contribution in [3.63, 3.8) is 0 Å². The highest BCUT2D eigenvalue weighted by Gasteiger charge is 2.18. The van der Waals surface area contributed by atoms with Crippen molar-refractivity contribution in [2.75, 3.05) is 4.90 Å². The van der Waals surface area contributed by atoms with Crippen molar-refractivity contribution in [3.8, 4) is 0 Å². The Kier molecular flexibility index (Phi) is 6.92. The SMILES string of the molecule is CC(=O)N(c1ccccc1)c1nc(COC(=O)CCCn2cnc3c2c(=O)n(C)c(=O)n3C)cs1. The minimum Gasteiger partial charge on any atom is -0.459 e. The lowest BCUT2D eigenvalue weighted by Gasteiger charge is -2.17. The number of hydrogen-bond acceptors (Lipinski definition) is 8. The number of nitrogens with zero attached hydrogens (tertiary/aromatic N) is 6. The van der Waals surface area contributed by atoms with E-state index in [4.69, 9.17) is 4.74 Å². The van der Waals surface area contributed by atoms with Crippen LogP contribution in [0.2, 0.25) is 0 Å². The molecule has 0 aliphatic heterocycles. The molecule has 12 heteroatoms. The molecule has 0 fully saturated rings. The molecule has 0 aliphatic carbocycles. The molecule has 0 atom stereocenters. The number of amides is 1. The fourth-order valence-corrected chi connectivity index (χ4v) is 4.53. The maximum Gasteiger partial charge on any atom is 0.332 e. The van der Waals surface area contributed by atoms with Crippen molar-refractivity contribution in [3.05, 3.63) is 68.6 Å². The number of fused-ring (bicyclic) bond motifs is 1. The number of rotatable bonds is 8. The lowest BCUT2D eigenvalue weighted by molar-refractivity contribution is -0.145. The summed E-state index contributed by atoms with van der Waals surface area (Å²) in [6.07, 6.45) is 2.04. The number of para-hydroxylation sites is 1. The molecule has 0 unspecified atom stereocenters. The third-order valence-electron chi connectivity index (χ3n) is 5.44. The van der Waals surface area contributed by atoms with Gasteiger partial charge in [-0.25, -0.2) is 14.8 Å². The molecule has 3 heterocycles. The van der Waals surface area contributed by atoms with E-state index in [9.17, 15) is 19.2 Å². The van der Waals surface area contributed by atoms with Crippen molar-refractivity contribution < 1.29 is 14.3 Å². The molecule has 4 rings (SSSR count). The Morgan fingerprint density at radius 3 is 2.57 bits per heavy atom. The number of hydrogen-bond donors (Lipinski definition) is 0. The largest absolute Gasteiger partial charge is 0.459 e. The Balaban J connectivity index is 1.34. The minimum atomic E-state index is -0.447. The molecule has 0 aliphatic rings. The number of esters is 1. The molecule has 182 valence electrons. The van der Waals surface area contributed by atoms with Crippen LogP contribution in [0.15, 0.2) is 51.6 Å². The highest BCUT2D eigenvalue weighted by Crippen LogP contribution is 2.28. The fraction of sp³-hybridized carbons (Fsp3) is 0.304. The molecule has 0 bridgehead atoms. The van der Waals surface area contributed by atoms with Gasteiger partial charge >= 0.3 is 11.7 Å². The lowest BCUT2D eigenvalue weighted by atomic mass is 10.3. The number of aromatic nitrogens is 5. The van der Waals surface area contributed by atoms with Crippen LogP contribution in [-0.2, 0) is 41.6 Å². The van der Waals surface area contributed by atoms with Crippen LogP contribution in [-0.4, -0.2) is 35.5 Å². The molecule has 3 aromatic heterocycles. The molecule has 1 amide bonds. The fourth-order valence-electron chi connectivity index (χ4n) is 3.66. The summed E-state index contributed by atoms with van der Waals surface area (Å²) in [6.45, 7) is 1.82. The van der Waals surface area contributed by atoms with Crippen molar-refractivity contribution in [2.45, 2.75) is 32.9 Å². The third-order valence-corrected chi connectivity index (χ3v) is 6.31. The van der Waals surface area contributed by atoms with Gasteiger partial charge in [-0.1, -0.05) is 18.2 Å². The number of imidazole rings is 1. The van der Waals surface area contributed by atoms with Crippen LogP contribution in [0.25, 0.3) is 11.2 Å². The number of aryl methyl sites for hydroxylation is 2. The van der Waals surface area contributed by atoms with Crippen LogP contribution < -0.4 is 16.1 Å². The summed E-state index contributed by atoms with van der Waals surface area (Å²) in [5.74, 6) is -0.577. The Morgan fingerprint density at radius 2 is 1.86 bits per heavy atom. The molecular formula is C23H24N6O5S. The molecule has 0 radical (unpaired) electrons. The predicted octanol–water partition coefficient (Wildman–Crippen LogP) is 2.10. The predicted molar refractivity (Wildman–Crippen MR) is 131 cm³/mol. The Labute approximate surface area is 203 Å². The number of thiazole rings is 1. The minimum absolute atomic E-state index is 0.00741. The zero-order valence-electron chi connectivity index (χ0n) is 19.5. The standard InChI is InChI=1S/C23H24N6O5S/c1-15(30)29(17-8-5-4-6-9-17)22-25-16(13-35-22)12-34-18(31)10-7-11-28-14-24-20-19(28)21(32)27(3)23(33)26(20)2/h4-6,8-9,13-14H,7,10-12H2,1-3H3. The van der Waals surface area contributed by atoms with Crippen LogP contribution in [0.5, 0.6) is 0 Å². The molecule has 0 saturated carbocycles. The highest BCUT2D eigenvalue weighted by molar-refractivity contribution is 7.14. The topological polar surface area (TPSA) is 121 Å². The van der Waals surface area contributed by atoms with Gasteiger partial charge < -0.3 is 9.30 Å². The maximum absolute atomic E-state index is 12.5. The molecule has 4 aromatic rings. The van der Waals surface area contributed by atoms with Crippen molar-refractivity contribution in [2.24, 2.45) is 14.1 Å². The average Bonchev–Trinajstić information content (AvgIpc) is 3.48. The molecule has 35 heavy (non-hydrogen) atoms. The van der Waals surface area contributed by atoms with E-state index >= 15 is 0 Å². The summed E-state index contributed by atoms with van der Waals surface area (Å²) in [7, 11) is 2.97. The van der Waals surface area contributed by atoms with Crippen LogP contribution in [0, 0.1) is 0 Å². The van der Waals surface area contributed by atoms with Gasteiger partial charge in [0.15, 0.2) is 16.3 Å². The first-order chi connectivity index (χ1) is 16.8. The van der Waals surface area contributed by atoms with E-state index in [1.54, 1.807) is 17.0 Å². The maximum atomic E-state index is 12.5. The van der Waals surface area contributed by atoms with Gasteiger partial charge in [0, 0.05) is 39.4 Å². The van der Waals surface area contributed by atoms with Crippen molar-refractivity contribution in [1.29, 1.82) is 0 Å². The monoisotopic (exact) mass is 496 g/mol. The summed E-state index contributed by atoms with van der Waals surface area (Å²) in [5, 5.41) is 2.25. The van der Waals surface area contributed by atoms with E-state index in [1.165, 1.54) is 41.1 Å². The Morgan fingerprint density at radius 1 is 1.11 bits per heavy atom. The summed E-state index contributed by atoms with van der Waals surface area (Å²) in [6, 6.07) is 9.19. The second kappa shape index (κ2) is 10.1. The Hall–Kier alpha value is -4.06. The van der Waals surface area contributed by atoms with Gasteiger partial charge in [-0.15, -0.1) is 11.3 Å². The van der Waals surface area contributed by atoms with E-state index in [-0.39, 0.29) is 18.9 Å². The van der Waals surface area contributed by atoms with E-state index in [1.807, 2.05) is 30.3 Å². The van der Waals surface area contributed by atoms with E-state index < -0.39 is 17.2 Å². The second-order valence-electron chi connectivity index (χ2n) is 7.89. The zero-order valence-corrected chi connectivity index (χ0v) is 20.3. The molecule has 1 aromatic carbocycles. The average molecular weight is 497 g/mol. The lowest BCUT2D eigenvalue weighted by Crippen LogP contribution is -2.37. The van der Waals surface area contributed by atoms with E-state index in [0.29, 0.717) is 40.6 Å². The number of ether oxygens (including phenoxy) is 1. The molecule has 0 saturated heterocycles. The number of carbonyl (C=O) groups excluding carboxylic acids is 2. The van der Waals surface area contributed by atoms with Crippen LogP contribution in [0.4, 0.5) is 10.8 Å². The zero-order chi connectivity index (χ0) is 25.1. The van der Waals surface area contributed by atoms with Gasteiger partial charge in [0.05, 0.1) is 17.7 Å². The van der Waals surface area contributed by atoms with Crippen LogP contribution >= 0.6 is 11.3 Å². The smallest absolute Gasteiger partial charge is 0.332 e. The summed E-state index contributed by atoms with van der Waals surface area (Å²) < 4.78 is 9.32.